The Morgan fingerprint density at radius 2 is 1.97 bits per heavy atom. The minimum absolute atomic E-state index is 0. The van der Waals surface area contributed by atoms with Gasteiger partial charge >= 0.3 is 6.36 Å². The predicted molar refractivity (Wildman–Crippen MR) is 124 cm³/mol. The smallest absolute Gasteiger partial charge is 0.406 e. The fourth-order valence-electron chi connectivity index (χ4n) is 3.11. The van der Waals surface area contributed by atoms with E-state index in [2.05, 4.69) is 25.3 Å². The average Bonchev–Trinajstić information content (AvgIpc) is 3.26. The summed E-state index contributed by atoms with van der Waals surface area (Å²) in [5.41, 5.74) is 7.87. The second kappa shape index (κ2) is 9.81. The lowest BCUT2D eigenvalue weighted by Gasteiger charge is -2.07. The van der Waals surface area contributed by atoms with Crippen LogP contribution in [0.2, 0.25) is 0 Å². The number of hydrogen-bond acceptors (Lipinski definition) is 7. The minimum Gasteiger partial charge on any atom is -0.406 e. The van der Waals surface area contributed by atoms with Crippen molar-refractivity contribution in [2.75, 3.05) is 18.4 Å². The van der Waals surface area contributed by atoms with E-state index in [0.29, 0.717) is 51.9 Å². The number of nitrogens with one attached hydrogen (secondary N) is 2. The van der Waals surface area contributed by atoms with Gasteiger partial charge < -0.3 is 25.7 Å². The molecule has 1 amide bonds. The number of halogens is 4. The van der Waals surface area contributed by atoms with Crippen LogP contribution < -0.4 is 21.1 Å². The number of alkyl halides is 3. The molecule has 0 radical (unpaired) electrons. The van der Waals surface area contributed by atoms with Crippen LogP contribution in [0.15, 0.2) is 36.4 Å². The molecule has 0 aliphatic carbocycles. The second-order valence-electron chi connectivity index (χ2n) is 6.92. The van der Waals surface area contributed by atoms with Gasteiger partial charge in [0.15, 0.2) is 5.13 Å². The molecule has 2 heterocycles. The van der Waals surface area contributed by atoms with Gasteiger partial charge in [0.25, 0.3) is 5.91 Å². The lowest BCUT2D eigenvalue weighted by Crippen LogP contribution is -2.25. The van der Waals surface area contributed by atoms with E-state index in [0.717, 1.165) is 5.52 Å². The van der Waals surface area contributed by atoms with Crippen LogP contribution in [0.4, 0.5) is 24.3 Å². The van der Waals surface area contributed by atoms with Gasteiger partial charge in [-0.25, -0.2) is 9.97 Å². The molecule has 0 saturated carbocycles. The van der Waals surface area contributed by atoms with Gasteiger partial charge in [0.05, 0.1) is 21.3 Å². The van der Waals surface area contributed by atoms with Crippen LogP contribution in [0.1, 0.15) is 16.8 Å². The van der Waals surface area contributed by atoms with Crippen LogP contribution >= 0.6 is 23.7 Å². The third-order valence-electron chi connectivity index (χ3n) is 4.62. The van der Waals surface area contributed by atoms with E-state index >= 15 is 0 Å². The summed E-state index contributed by atoms with van der Waals surface area (Å²) in [7, 11) is 1.81. The van der Waals surface area contributed by atoms with Crippen molar-refractivity contribution in [1.29, 1.82) is 0 Å². The Labute approximate surface area is 196 Å². The zero-order chi connectivity index (χ0) is 22.9. The Morgan fingerprint density at radius 3 is 2.70 bits per heavy atom. The molecule has 13 heteroatoms. The zero-order valence-corrected chi connectivity index (χ0v) is 18.9. The number of nitrogens with two attached hydrogens (primary N) is 1. The molecule has 4 rings (SSSR count). The highest BCUT2D eigenvalue weighted by Gasteiger charge is 2.31. The first-order valence-electron chi connectivity index (χ1n) is 9.61. The molecule has 4 aromatic rings. The van der Waals surface area contributed by atoms with Crippen molar-refractivity contribution < 1.29 is 22.7 Å². The molecule has 2 aromatic carbocycles. The number of carbonyl (C=O) groups is 1. The lowest BCUT2D eigenvalue weighted by molar-refractivity contribution is -0.274. The van der Waals surface area contributed by atoms with Gasteiger partial charge in [-0.1, -0.05) is 11.3 Å². The number of aryl methyl sites for hydroxylation is 1. The highest BCUT2D eigenvalue weighted by atomic mass is 35.5. The molecule has 0 spiro atoms. The van der Waals surface area contributed by atoms with Crippen molar-refractivity contribution in [3.63, 3.8) is 0 Å². The molecule has 0 fully saturated rings. The van der Waals surface area contributed by atoms with E-state index in [1.165, 1.54) is 29.5 Å². The molecule has 0 aliphatic heterocycles. The summed E-state index contributed by atoms with van der Waals surface area (Å²) in [6.07, 6.45) is -4.07. The van der Waals surface area contributed by atoms with Crippen LogP contribution in [0.3, 0.4) is 0 Å². The summed E-state index contributed by atoms with van der Waals surface area (Å²) >= 11 is 1.17. The molecule has 0 aliphatic rings. The monoisotopic (exact) mass is 500 g/mol. The number of nitrogens with zero attached hydrogens (tertiary/aromatic N) is 3. The maximum atomic E-state index is 12.4. The number of imidazole rings is 1. The highest BCUT2D eigenvalue weighted by Crippen LogP contribution is 2.33. The summed E-state index contributed by atoms with van der Waals surface area (Å²) in [5, 5.41) is 6.35. The van der Waals surface area contributed by atoms with Gasteiger partial charge in [-0.2, -0.15) is 0 Å². The van der Waals surface area contributed by atoms with E-state index in [4.69, 9.17) is 5.73 Å². The standard InChI is InChI=1S/C20H19F3N6O2S.ClH/c1-29-15-6-3-11(17(30)25-8-2-7-24)9-14(15)26-18(29)28-19-27-13-5-4-12(10-16(13)32-19)31-20(21,22)23;/h3-6,9-10H,2,7-8,24H2,1H3,(H,25,30)(H,26,27,28);1H. The van der Waals surface area contributed by atoms with Crippen molar-refractivity contribution in [2.24, 2.45) is 12.8 Å². The molecule has 4 N–H and O–H groups in total. The molecular weight excluding hydrogens is 481 g/mol. The number of benzene rings is 2. The molecule has 33 heavy (non-hydrogen) atoms. The lowest BCUT2D eigenvalue weighted by atomic mass is 10.2. The number of carbonyl (C=O) groups excluding carboxylic acids is 1. The maximum absolute atomic E-state index is 12.4. The summed E-state index contributed by atoms with van der Waals surface area (Å²) < 4.78 is 43.6. The number of hydrogen-bond donors (Lipinski definition) is 3. The van der Waals surface area contributed by atoms with Crippen molar-refractivity contribution in [3.05, 3.63) is 42.0 Å². The summed E-state index contributed by atoms with van der Waals surface area (Å²) in [6, 6.07) is 9.17. The minimum atomic E-state index is -4.76. The Bertz CT molecular complexity index is 1290. The first-order chi connectivity index (χ1) is 15.2. The Morgan fingerprint density at radius 1 is 1.18 bits per heavy atom. The van der Waals surface area contributed by atoms with Crippen molar-refractivity contribution in [1.82, 2.24) is 19.9 Å². The zero-order valence-electron chi connectivity index (χ0n) is 17.3. The van der Waals surface area contributed by atoms with Gasteiger partial charge in [-0.15, -0.1) is 25.6 Å². The Balaban J connectivity index is 0.00000306. The number of amides is 1. The predicted octanol–water partition coefficient (Wildman–Crippen LogP) is 4.33. The second-order valence-corrected chi connectivity index (χ2v) is 7.95. The Hall–Kier alpha value is -3.09. The number of fused-ring (bicyclic) bond motifs is 2. The van der Waals surface area contributed by atoms with E-state index in [1.54, 1.807) is 29.8 Å². The van der Waals surface area contributed by atoms with Crippen LogP contribution in [-0.2, 0) is 7.05 Å². The quantitative estimate of drug-likeness (QED) is 0.326. The van der Waals surface area contributed by atoms with E-state index < -0.39 is 6.36 Å². The fourth-order valence-corrected chi connectivity index (χ4v) is 4.00. The SMILES string of the molecule is Cl.Cn1c(Nc2nc3ccc(OC(F)(F)F)cc3s2)nc2cc(C(=O)NCCCN)ccc21. The van der Waals surface area contributed by atoms with Gasteiger partial charge in [0.2, 0.25) is 5.95 Å². The van der Waals surface area contributed by atoms with Crippen molar-refractivity contribution in [2.45, 2.75) is 12.8 Å². The van der Waals surface area contributed by atoms with E-state index in [9.17, 15) is 18.0 Å². The summed E-state index contributed by atoms with van der Waals surface area (Å²) in [4.78, 5) is 21.2. The van der Waals surface area contributed by atoms with Crippen LogP contribution in [0.5, 0.6) is 5.75 Å². The molecule has 2 aromatic heterocycles. The third kappa shape index (κ3) is 5.64. The van der Waals surface area contributed by atoms with Gasteiger partial charge in [-0.05, 0) is 43.3 Å². The molecule has 0 saturated heterocycles. The van der Waals surface area contributed by atoms with Crippen molar-refractivity contribution in [3.8, 4) is 5.75 Å². The third-order valence-corrected chi connectivity index (χ3v) is 5.56. The molecule has 0 unspecified atom stereocenters. The van der Waals surface area contributed by atoms with Gasteiger partial charge in [-0.3, -0.25) is 4.79 Å². The van der Waals surface area contributed by atoms with E-state index in [1.807, 2.05) is 0 Å². The first kappa shape index (κ1) is 24.6. The fraction of sp³-hybridized carbons (Fsp3) is 0.250. The van der Waals surface area contributed by atoms with Crippen LogP contribution in [0.25, 0.3) is 21.3 Å². The normalized spacial score (nSPS) is 11.4. The maximum Gasteiger partial charge on any atom is 0.573 e. The first-order valence-corrected chi connectivity index (χ1v) is 10.4. The molecular formula is C20H20ClF3N6O2S. The molecule has 176 valence electrons. The molecule has 8 nitrogen and oxygen atoms in total. The number of rotatable bonds is 7. The highest BCUT2D eigenvalue weighted by molar-refractivity contribution is 7.22. The van der Waals surface area contributed by atoms with Crippen molar-refractivity contribution >= 4 is 62.0 Å². The number of anilines is 2. The number of ether oxygens (including phenoxy) is 1. The molecule has 0 bridgehead atoms. The largest absolute Gasteiger partial charge is 0.573 e. The van der Waals surface area contributed by atoms with Crippen LogP contribution in [-0.4, -0.2) is 39.9 Å². The average molecular weight is 501 g/mol. The van der Waals surface area contributed by atoms with Gasteiger partial charge in [0, 0.05) is 25.2 Å². The summed E-state index contributed by atoms with van der Waals surface area (Å²) in [6.45, 7) is 0.993. The molecule has 0 atom stereocenters. The topological polar surface area (TPSA) is 107 Å². The summed E-state index contributed by atoms with van der Waals surface area (Å²) in [5.74, 6) is -0.0322. The number of aromatic nitrogens is 3. The van der Waals surface area contributed by atoms with Crippen LogP contribution in [0, 0.1) is 0 Å². The van der Waals surface area contributed by atoms with Gasteiger partial charge in [0.1, 0.15) is 5.75 Å². The number of thiazole rings is 1. The Kier molecular flexibility index (Phi) is 7.30. The van der Waals surface area contributed by atoms with E-state index in [-0.39, 0.29) is 24.1 Å².